The van der Waals surface area contributed by atoms with Gasteiger partial charge in [-0.1, -0.05) is 0 Å². The van der Waals surface area contributed by atoms with Gasteiger partial charge in [-0.3, -0.25) is 19.8 Å². The predicted octanol–water partition coefficient (Wildman–Crippen LogP) is 1.31. The van der Waals surface area contributed by atoms with Crippen LogP contribution in [0, 0.1) is 6.92 Å². The van der Waals surface area contributed by atoms with Crippen molar-refractivity contribution in [1.82, 2.24) is 19.8 Å². The molecule has 0 atom stereocenters. The van der Waals surface area contributed by atoms with Gasteiger partial charge >= 0.3 is 0 Å². The van der Waals surface area contributed by atoms with Gasteiger partial charge < -0.3 is 0 Å². The van der Waals surface area contributed by atoms with Crippen LogP contribution in [0.4, 0.5) is 0 Å². The Morgan fingerprint density at radius 2 is 1.88 bits per heavy atom. The van der Waals surface area contributed by atoms with Crippen LogP contribution < -0.4 is 0 Å². The fourth-order valence-electron chi connectivity index (χ4n) is 2.26. The smallest absolute Gasteiger partial charge is 0.0730 e. The van der Waals surface area contributed by atoms with Crippen LogP contribution in [0.5, 0.6) is 0 Å². The van der Waals surface area contributed by atoms with Crippen LogP contribution in [0.1, 0.15) is 25.2 Å². The SMILES string of the molecule is Cc1cncc(CN2CCN(C(C)C)CC2)n1. The lowest BCUT2D eigenvalue weighted by Gasteiger charge is -2.36. The van der Waals surface area contributed by atoms with Crippen molar-refractivity contribution < 1.29 is 0 Å². The molecule has 1 aliphatic heterocycles. The molecule has 0 spiro atoms. The molecule has 0 aromatic carbocycles. The van der Waals surface area contributed by atoms with E-state index in [1.807, 2.05) is 13.1 Å². The Labute approximate surface area is 104 Å². The van der Waals surface area contributed by atoms with E-state index in [0.29, 0.717) is 6.04 Å². The van der Waals surface area contributed by atoms with Gasteiger partial charge in [-0.15, -0.1) is 0 Å². The van der Waals surface area contributed by atoms with E-state index in [2.05, 4.69) is 33.6 Å². The number of nitrogens with zero attached hydrogens (tertiary/aromatic N) is 4. The van der Waals surface area contributed by atoms with Gasteiger partial charge in [-0.2, -0.15) is 0 Å². The van der Waals surface area contributed by atoms with Gasteiger partial charge in [0.2, 0.25) is 0 Å². The van der Waals surface area contributed by atoms with E-state index in [1.165, 1.54) is 0 Å². The van der Waals surface area contributed by atoms with Gasteiger partial charge in [0, 0.05) is 51.2 Å². The Morgan fingerprint density at radius 3 is 2.47 bits per heavy atom. The molecular weight excluding hydrogens is 212 g/mol. The highest BCUT2D eigenvalue weighted by atomic mass is 15.3. The highest BCUT2D eigenvalue weighted by Gasteiger charge is 2.18. The van der Waals surface area contributed by atoms with Gasteiger partial charge in [0.05, 0.1) is 11.4 Å². The summed E-state index contributed by atoms with van der Waals surface area (Å²) in [4.78, 5) is 13.7. The van der Waals surface area contributed by atoms with Crippen LogP contribution in [0.25, 0.3) is 0 Å². The van der Waals surface area contributed by atoms with Gasteiger partial charge in [0.1, 0.15) is 0 Å². The van der Waals surface area contributed by atoms with Crippen molar-refractivity contribution in [2.45, 2.75) is 33.4 Å². The highest BCUT2D eigenvalue weighted by molar-refractivity contribution is 5.01. The van der Waals surface area contributed by atoms with Crippen LogP contribution >= 0.6 is 0 Å². The second-order valence-corrected chi connectivity index (χ2v) is 5.06. The summed E-state index contributed by atoms with van der Waals surface area (Å²) in [5, 5.41) is 0. The molecule has 0 saturated carbocycles. The zero-order chi connectivity index (χ0) is 12.3. The van der Waals surface area contributed by atoms with Crippen LogP contribution in [-0.4, -0.2) is 52.0 Å². The topological polar surface area (TPSA) is 32.3 Å². The molecule has 1 aliphatic rings. The fraction of sp³-hybridized carbons (Fsp3) is 0.692. The highest BCUT2D eigenvalue weighted by Crippen LogP contribution is 2.08. The van der Waals surface area contributed by atoms with Crippen molar-refractivity contribution in [2.75, 3.05) is 26.2 Å². The molecule has 0 aliphatic carbocycles. The summed E-state index contributed by atoms with van der Waals surface area (Å²) in [5.74, 6) is 0. The average molecular weight is 234 g/mol. The minimum absolute atomic E-state index is 0.663. The number of rotatable bonds is 3. The molecule has 0 bridgehead atoms. The quantitative estimate of drug-likeness (QED) is 0.789. The molecule has 17 heavy (non-hydrogen) atoms. The van der Waals surface area contributed by atoms with Gasteiger partial charge in [0.15, 0.2) is 0 Å². The summed E-state index contributed by atoms with van der Waals surface area (Å²) >= 11 is 0. The Kier molecular flexibility index (Phi) is 4.07. The standard InChI is InChI=1S/C13H22N4/c1-11(2)17-6-4-16(5-7-17)10-13-9-14-8-12(3)15-13/h8-9,11H,4-7,10H2,1-3H3. The van der Waals surface area contributed by atoms with Gasteiger partial charge in [-0.05, 0) is 20.8 Å². The Balaban J connectivity index is 1.86. The molecule has 0 unspecified atom stereocenters. The lowest BCUT2D eigenvalue weighted by Crippen LogP contribution is -2.48. The first-order chi connectivity index (χ1) is 8.15. The largest absolute Gasteiger partial charge is 0.298 e. The second-order valence-electron chi connectivity index (χ2n) is 5.06. The third-order valence-electron chi connectivity index (χ3n) is 3.33. The van der Waals surface area contributed by atoms with Crippen molar-refractivity contribution >= 4 is 0 Å². The lowest BCUT2D eigenvalue weighted by atomic mass is 10.2. The summed E-state index contributed by atoms with van der Waals surface area (Å²) in [7, 11) is 0. The molecule has 1 aromatic heterocycles. The minimum Gasteiger partial charge on any atom is -0.298 e. The Hall–Kier alpha value is -1.00. The van der Waals surface area contributed by atoms with Crippen molar-refractivity contribution in [3.63, 3.8) is 0 Å². The maximum absolute atomic E-state index is 4.50. The molecule has 2 heterocycles. The van der Waals surface area contributed by atoms with E-state index in [4.69, 9.17) is 0 Å². The molecule has 0 amide bonds. The third-order valence-corrected chi connectivity index (χ3v) is 3.33. The summed E-state index contributed by atoms with van der Waals surface area (Å²) in [6.07, 6.45) is 3.68. The lowest BCUT2D eigenvalue weighted by molar-refractivity contribution is 0.103. The first-order valence-electron chi connectivity index (χ1n) is 6.39. The van der Waals surface area contributed by atoms with E-state index in [1.54, 1.807) is 6.20 Å². The monoisotopic (exact) mass is 234 g/mol. The number of hydrogen-bond donors (Lipinski definition) is 0. The maximum Gasteiger partial charge on any atom is 0.0730 e. The predicted molar refractivity (Wildman–Crippen MR) is 68.8 cm³/mol. The van der Waals surface area contributed by atoms with Crippen molar-refractivity contribution in [2.24, 2.45) is 0 Å². The van der Waals surface area contributed by atoms with Crippen molar-refractivity contribution in [1.29, 1.82) is 0 Å². The molecule has 1 fully saturated rings. The third kappa shape index (κ3) is 3.48. The van der Waals surface area contributed by atoms with Gasteiger partial charge in [-0.25, -0.2) is 0 Å². The maximum atomic E-state index is 4.50. The zero-order valence-electron chi connectivity index (χ0n) is 11.1. The number of aromatic nitrogens is 2. The van der Waals surface area contributed by atoms with Crippen molar-refractivity contribution in [3.8, 4) is 0 Å². The van der Waals surface area contributed by atoms with Crippen LogP contribution in [0.2, 0.25) is 0 Å². The van der Waals surface area contributed by atoms with Crippen LogP contribution in [0.3, 0.4) is 0 Å². The normalized spacial score (nSPS) is 18.8. The number of piperazine rings is 1. The van der Waals surface area contributed by atoms with Gasteiger partial charge in [0.25, 0.3) is 0 Å². The van der Waals surface area contributed by atoms with Crippen molar-refractivity contribution in [3.05, 3.63) is 23.8 Å². The molecule has 1 aromatic rings. The zero-order valence-corrected chi connectivity index (χ0v) is 11.1. The average Bonchev–Trinajstić information content (AvgIpc) is 2.29. The Morgan fingerprint density at radius 1 is 1.18 bits per heavy atom. The first-order valence-corrected chi connectivity index (χ1v) is 6.39. The molecule has 94 valence electrons. The van der Waals surface area contributed by atoms with Crippen LogP contribution in [-0.2, 0) is 6.54 Å². The fourth-order valence-corrected chi connectivity index (χ4v) is 2.26. The molecule has 2 rings (SSSR count). The van der Waals surface area contributed by atoms with Crippen LogP contribution in [0.15, 0.2) is 12.4 Å². The van der Waals surface area contributed by atoms with E-state index in [0.717, 1.165) is 44.1 Å². The first kappa shape index (κ1) is 12.5. The molecule has 4 heteroatoms. The number of hydrogen-bond acceptors (Lipinski definition) is 4. The van der Waals surface area contributed by atoms with E-state index in [9.17, 15) is 0 Å². The molecule has 0 N–H and O–H groups in total. The minimum atomic E-state index is 0.663. The molecule has 4 nitrogen and oxygen atoms in total. The Bertz CT molecular complexity index is 356. The summed E-state index contributed by atoms with van der Waals surface area (Å²) < 4.78 is 0. The second kappa shape index (κ2) is 5.56. The summed E-state index contributed by atoms with van der Waals surface area (Å²) in [6.45, 7) is 12.0. The van der Waals surface area contributed by atoms with E-state index in [-0.39, 0.29) is 0 Å². The number of aryl methyl sites for hydroxylation is 1. The molecule has 0 radical (unpaired) electrons. The molecule has 1 saturated heterocycles. The van der Waals surface area contributed by atoms with E-state index >= 15 is 0 Å². The molecular formula is C13H22N4. The van der Waals surface area contributed by atoms with E-state index < -0.39 is 0 Å². The summed E-state index contributed by atoms with van der Waals surface area (Å²) in [5.41, 5.74) is 2.09. The summed E-state index contributed by atoms with van der Waals surface area (Å²) in [6, 6.07) is 0.663.